The Labute approximate surface area is 164 Å². The highest BCUT2D eigenvalue weighted by Crippen LogP contribution is 2.36. The SMILES string of the molecule is Cc1cc(C2CCC2)oc(=O)c1C(=O)Nc1ccc(N2CCN(C)CC2)nc1. The number of nitrogens with zero attached hydrogens (tertiary/aromatic N) is 3. The zero-order valence-electron chi connectivity index (χ0n) is 16.4. The first-order chi connectivity index (χ1) is 13.5. The number of pyridine rings is 1. The van der Waals surface area contributed by atoms with Crippen LogP contribution >= 0.6 is 0 Å². The van der Waals surface area contributed by atoms with Gasteiger partial charge in [0, 0.05) is 32.1 Å². The van der Waals surface area contributed by atoms with Crippen molar-refractivity contribution < 1.29 is 9.21 Å². The monoisotopic (exact) mass is 382 g/mol. The lowest BCUT2D eigenvalue weighted by Crippen LogP contribution is -2.44. The quantitative estimate of drug-likeness (QED) is 0.876. The van der Waals surface area contributed by atoms with Gasteiger partial charge in [-0.25, -0.2) is 9.78 Å². The number of likely N-dealkylation sites (N-methyl/N-ethyl adjacent to an activating group) is 1. The fourth-order valence-corrected chi connectivity index (χ4v) is 3.68. The number of anilines is 2. The molecule has 0 aromatic carbocycles. The van der Waals surface area contributed by atoms with E-state index in [9.17, 15) is 9.59 Å². The number of piperazine rings is 1. The lowest BCUT2D eigenvalue weighted by Gasteiger charge is -2.33. The number of aromatic nitrogens is 1. The van der Waals surface area contributed by atoms with Gasteiger partial charge in [0.2, 0.25) is 0 Å². The van der Waals surface area contributed by atoms with Crippen LogP contribution in [0.5, 0.6) is 0 Å². The Hall–Kier alpha value is -2.67. The van der Waals surface area contributed by atoms with Crippen LogP contribution in [0.1, 0.15) is 46.9 Å². The van der Waals surface area contributed by atoms with Gasteiger partial charge in [-0.1, -0.05) is 6.42 Å². The average molecular weight is 382 g/mol. The summed E-state index contributed by atoms with van der Waals surface area (Å²) in [4.78, 5) is 34.0. The van der Waals surface area contributed by atoms with E-state index in [-0.39, 0.29) is 5.56 Å². The topological polar surface area (TPSA) is 78.7 Å². The highest BCUT2D eigenvalue weighted by molar-refractivity contribution is 6.04. The van der Waals surface area contributed by atoms with Gasteiger partial charge < -0.3 is 19.5 Å². The summed E-state index contributed by atoms with van der Waals surface area (Å²) in [5.74, 6) is 1.45. The van der Waals surface area contributed by atoms with Crippen LogP contribution in [0.25, 0.3) is 0 Å². The molecule has 0 unspecified atom stereocenters. The Morgan fingerprint density at radius 1 is 1.21 bits per heavy atom. The molecule has 3 heterocycles. The van der Waals surface area contributed by atoms with Crippen molar-refractivity contribution in [2.24, 2.45) is 0 Å². The molecule has 148 valence electrons. The molecule has 2 aliphatic rings. The van der Waals surface area contributed by atoms with E-state index in [0.29, 0.717) is 22.9 Å². The molecular formula is C21H26N4O3. The highest BCUT2D eigenvalue weighted by Gasteiger charge is 2.25. The molecule has 0 bridgehead atoms. The maximum atomic E-state index is 12.6. The molecule has 1 saturated carbocycles. The van der Waals surface area contributed by atoms with Crippen molar-refractivity contribution >= 4 is 17.4 Å². The number of carbonyl (C=O) groups is 1. The lowest BCUT2D eigenvalue weighted by molar-refractivity contribution is 0.102. The third kappa shape index (κ3) is 3.80. The van der Waals surface area contributed by atoms with Gasteiger partial charge in [-0.05, 0) is 50.6 Å². The van der Waals surface area contributed by atoms with Crippen LogP contribution in [-0.2, 0) is 0 Å². The van der Waals surface area contributed by atoms with Crippen molar-refractivity contribution in [3.05, 3.63) is 51.7 Å². The second-order valence-corrected chi connectivity index (χ2v) is 7.77. The van der Waals surface area contributed by atoms with Crippen molar-refractivity contribution in [2.45, 2.75) is 32.1 Å². The van der Waals surface area contributed by atoms with Crippen LogP contribution in [0, 0.1) is 6.92 Å². The van der Waals surface area contributed by atoms with E-state index in [2.05, 4.69) is 27.1 Å². The van der Waals surface area contributed by atoms with E-state index >= 15 is 0 Å². The van der Waals surface area contributed by atoms with Gasteiger partial charge in [-0.15, -0.1) is 0 Å². The number of nitrogens with one attached hydrogen (secondary N) is 1. The maximum Gasteiger partial charge on any atom is 0.349 e. The van der Waals surface area contributed by atoms with E-state index in [1.54, 1.807) is 13.1 Å². The van der Waals surface area contributed by atoms with Crippen LogP contribution in [0.4, 0.5) is 11.5 Å². The van der Waals surface area contributed by atoms with Crippen molar-refractivity contribution in [1.29, 1.82) is 0 Å². The molecule has 1 saturated heterocycles. The summed E-state index contributed by atoms with van der Waals surface area (Å²) in [5, 5.41) is 2.77. The normalized spacial score (nSPS) is 18.0. The second kappa shape index (κ2) is 7.75. The first-order valence-corrected chi connectivity index (χ1v) is 9.87. The third-order valence-electron chi connectivity index (χ3n) is 5.74. The molecule has 1 N–H and O–H groups in total. The van der Waals surface area contributed by atoms with Crippen LogP contribution in [-0.4, -0.2) is 49.0 Å². The molecular weight excluding hydrogens is 356 g/mol. The zero-order valence-corrected chi connectivity index (χ0v) is 16.4. The molecule has 2 aromatic heterocycles. The Balaban J connectivity index is 1.45. The molecule has 2 fully saturated rings. The molecule has 28 heavy (non-hydrogen) atoms. The summed E-state index contributed by atoms with van der Waals surface area (Å²) >= 11 is 0. The smallest absolute Gasteiger partial charge is 0.349 e. The number of hydrogen-bond acceptors (Lipinski definition) is 6. The first-order valence-electron chi connectivity index (χ1n) is 9.87. The number of amides is 1. The van der Waals surface area contributed by atoms with Crippen molar-refractivity contribution in [3.8, 4) is 0 Å². The lowest BCUT2D eigenvalue weighted by atomic mass is 9.83. The Bertz CT molecular complexity index is 910. The summed E-state index contributed by atoms with van der Waals surface area (Å²) in [5.41, 5.74) is 0.704. The summed E-state index contributed by atoms with van der Waals surface area (Å²) in [6.45, 7) is 5.66. The first kappa shape index (κ1) is 18.7. The van der Waals surface area contributed by atoms with Gasteiger partial charge in [-0.3, -0.25) is 4.79 Å². The van der Waals surface area contributed by atoms with Gasteiger partial charge in [0.05, 0.1) is 11.9 Å². The standard InChI is InChI=1S/C21H26N4O3/c1-14-12-17(15-4-3-5-15)28-21(27)19(14)20(26)23-16-6-7-18(22-13-16)25-10-8-24(2)9-11-25/h6-7,12-13,15H,3-5,8-11H2,1-2H3,(H,23,26). The summed E-state index contributed by atoms with van der Waals surface area (Å²) in [6, 6.07) is 5.54. The second-order valence-electron chi connectivity index (χ2n) is 7.77. The largest absolute Gasteiger partial charge is 0.427 e. The summed E-state index contributed by atoms with van der Waals surface area (Å²) in [6.07, 6.45) is 4.87. The fourth-order valence-electron chi connectivity index (χ4n) is 3.68. The molecule has 4 rings (SSSR count). The molecule has 7 nitrogen and oxygen atoms in total. The number of hydrogen-bond donors (Lipinski definition) is 1. The molecule has 2 aromatic rings. The molecule has 0 radical (unpaired) electrons. The van der Waals surface area contributed by atoms with Gasteiger partial charge in [0.25, 0.3) is 5.91 Å². The van der Waals surface area contributed by atoms with E-state index in [1.165, 1.54) is 0 Å². The molecule has 0 atom stereocenters. The maximum absolute atomic E-state index is 12.6. The van der Waals surface area contributed by atoms with Crippen LogP contribution < -0.4 is 15.8 Å². The third-order valence-corrected chi connectivity index (χ3v) is 5.74. The van der Waals surface area contributed by atoms with Gasteiger partial charge in [0.1, 0.15) is 17.1 Å². The molecule has 1 amide bonds. The Kier molecular flexibility index (Phi) is 5.17. The molecule has 7 heteroatoms. The van der Waals surface area contributed by atoms with Gasteiger partial charge in [-0.2, -0.15) is 0 Å². The summed E-state index contributed by atoms with van der Waals surface area (Å²) in [7, 11) is 2.11. The van der Waals surface area contributed by atoms with Crippen molar-refractivity contribution in [1.82, 2.24) is 9.88 Å². The number of aryl methyl sites for hydroxylation is 1. The molecule has 1 aliphatic carbocycles. The zero-order chi connectivity index (χ0) is 19.7. The number of carbonyl (C=O) groups excluding carboxylic acids is 1. The van der Waals surface area contributed by atoms with E-state index in [4.69, 9.17) is 4.42 Å². The van der Waals surface area contributed by atoms with Crippen LogP contribution in [0.2, 0.25) is 0 Å². The van der Waals surface area contributed by atoms with Crippen LogP contribution in [0.3, 0.4) is 0 Å². The highest BCUT2D eigenvalue weighted by atomic mass is 16.4. The molecule has 1 aliphatic heterocycles. The minimum absolute atomic E-state index is 0.0613. The van der Waals surface area contributed by atoms with E-state index in [1.807, 2.05) is 18.2 Å². The number of rotatable bonds is 4. The average Bonchev–Trinajstić information content (AvgIpc) is 2.61. The van der Waals surface area contributed by atoms with Gasteiger partial charge in [0.15, 0.2) is 0 Å². The Morgan fingerprint density at radius 2 is 1.96 bits per heavy atom. The minimum Gasteiger partial charge on any atom is -0.427 e. The van der Waals surface area contributed by atoms with Crippen LogP contribution in [0.15, 0.2) is 33.6 Å². The Morgan fingerprint density at radius 3 is 2.54 bits per heavy atom. The van der Waals surface area contributed by atoms with Crippen molar-refractivity contribution in [2.75, 3.05) is 43.4 Å². The van der Waals surface area contributed by atoms with E-state index in [0.717, 1.165) is 51.3 Å². The van der Waals surface area contributed by atoms with Gasteiger partial charge >= 0.3 is 5.63 Å². The fraction of sp³-hybridized carbons (Fsp3) is 0.476. The minimum atomic E-state index is -0.568. The summed E-state index contributed by atoms with van der Waals surface area (Å²) < 4.78 is 5.42. The van der Waals surface area contributed by atoms with Crippen molar-refractivity contribution in [3.63, 3.8) is 0 Å². The van der Waals surface area contributed by atoms with E-state index < -0.39 is 11.5 Å². The predicted molar refractivity (Wildman–Crippen MR) is 108 cm³/mol. The predicted octanol–water partition coefficient (Wildman–Crippen LogP) is 2.61. The molecule has 0 spiro atoms.